The van der Waals surface area contributed by atoms with E-state index in [4.69, 9.17) is 10.5 Å². The van der Waals surface area contributed by atoms with Crippen LogP contribution in [-0.2, 0) is 11.3 Å². The van der Waals surface area contributed by atoms with E-state index in [1.54, 1.807) is 18.0 Å². The van der Waals surface area contributed by atoms with E-state index in [0.717, 1.165) is 24.3 Å². The van der Waals surface area contributed by atoms with Gasteiger partial charge in [0.25, 0.3) is 5.91 Å². The molecule has 0 aliphatic carbocycles. The number of carbonyl (C=O) groups excluding carboxylic acids is 1. The Bertz CT molecular complexity index is 622. The molecular weight excluding hydrogens is 268 g/mol. The van der Waals surface area contributed by atoms with E-state index in [2.05, 4.69) is 23.4 Å². The Morgan fingerprint density at radius 2 is 2.29 bits per heavy atom. The largest absolute Gasteiger partial charge is 0.383 e. The van der Waals surface area contributed by atoms with Gasteiger partial charge in [-0.3, -0.25) is 4.79 Å². The molecule has 0 aliphatic heterocycles. The van der Waals surface area contributed by atoms with E-state index < -0.39 is 5.91 Å². The second kappa shape index (κ2) is 7.01. The van der Waals surface area contributed by atoms with Crippen LogP contribution in [0.1, 0.15) is 21.5 Å². The molecular formula is C15H20N4O2. The fourth-order valence-corrected chi connectivity index (χ4v) is 2.01. The summed E-state index contributed by atoms with van der Waals surface area (Å²) in [6.45, 7) is 4.36. The predicted molar refractivity (Wildman–Crippen MR) is 80.4 cm³/mol. The van der Waals surface area contributed by atoms with Crippen molar-refractivity contribution in [2.24, 2.45) is 5.73 Å². The Hall–Kier alpha value is -2.18. The minimum absolute atomic E-state index is 0.401. The number of aromatic nitrogens is 2. The van der Waals surface area contributed by atoms with Crippen LogP contribution in [0, 0.1) is 6.92 Å². The quantitative estimate of drug-likeness (QED) is 0.745. The van der Waals surface area contributed by atoms with Crippen molar-refractivity contribution in [3.05, 3.63) is 47.3 Å². The molecule has 0 fully saturated rings. The fraction of sp³-hybridized carbons (Fsp3) is 0.333. The average molecular weight is 288 g/mol. The van der Waals surface area contributed by atoms with Crippen molar-refractivity contribution in [1.29, 1.82) is 0 Å². The number of hydrogen-bond donors (Lipinski definition) is 2. The first-order valence-electron chi connectivity index (χ1n) is 6.76. The summed E-state index contributed by atoms with van der Waals surface area (Å²) in [7, 11) is 1.69. The summed E-state index contributed by atoms with van der Waals surface area (Å²) in [4.78, 5) is 11.1. The van der Waals surface area contributed by atoms with Gasteiger partial charge in [0.05, 0.1) is 24.1 Å². The molecule has 0 unspecified atom stereocenters. The number of nitrogens with one attached hydrogen (secondary N) is 1. The Balaban J connectivity index is 2.08. The maximum atomic E-state index is 11.1. The van der Waals surface area contributed by atoms with Crippen LogP contribution in [0.5, 0.6) is 0 Å². The van der Waals surface area contributed by atoms with Gasteiger partial charge in [-0.1, -0.05) is 6.07 Å². The van der Waals surface area contributed by atoms with Gasteiger partial charge < -0.3 is 15.8 Å². The van der Waals surface area contributed by atoms with E-state index in [1.165, 1.54) is 11.8 Å². The second-order valence-corrected chi connectivity index (χ2v) is 4.82. The summed E-state index contributed by atoms with van der Waals surface area (Å²) < 4.78 is 6.64. The lowest BCUT2D eigenvalue weighted by Gasteiger charge is -2.10. The third-order valence-electron chi connectivity index (χ3n) is 3.26. The molecule has 112 valence electrons. The highest BCUT2D eigenvalue weighted by Gasteiger charge is 2.07. The molecule has 1 heterocycles. The average Bonchev–Trinajstić information content (AvgIpc) is 2.95. The first-order chi connectivity index (χ1) is 10.1. The van der Waals surface area contributed by atoms with Crippen LogP contribution in [-0.4, -0.2) is 35.9 Å². The molecule has 0 radical (unpaired) electrons. The van der Waals surface area contributed by atoms with Crippen molar-refractivity contribution in [3.63, 3.8) is 0 Å². The lowest BCUT2D eigenvalue weighted by Crippen LogP contribution is -2.19. The lowest BCUT2D eigenvalue weighted by atomic mass is 10.1. The number of primary amides is 1. The zero-order chi connectivity index (χ0) is 15.2. The number of hydrogen-bond acceptors (Lipinski definition) is 4. The Morgan fingerprint density at radius 1 is 1.48 bits per heavy atom. The number of ether oxygens (including phenoxy) is 1. The molecule has 1 amide bonds. The van der Waals surface area contributed by atoms with Gasteiger partial charge in [-0.2, -0.15) is 5.10 Å². The highest BCUT2D eigenvalue weighted by atomic mass is 16.5. The van der Waals surface area contributed by atoms with Gasteiger partial charge in [0.15, 0.2) is 0 Å². The van der Waals surface area contributed by atoms with Crippen LogP contribution >= 0.6 is 0 Å². The Labute approximate surface area is 123 Å². The van der Waals surface area contributed by atoms with Gasteiger partial charge in [-0.15, -0.1) is 0 Å². The SMILES string of the molecule is COCCNCc1ccc(-n2cc(C(N)=O)cn2)cc1C. The number of amides is 1. The van der Waals surface area contributed by atoms with Crippen LogP contribution in [0.3, 0.4) is 0 Å². The normalized spacial score (nSPS) is 10.8. The summed E-state index contributed by atoms with van der Waals surface area (Å²) >= 11 is 0. The van der Waals surface area contributed by atoms with Crippen molar-refractivity contribution in [3.8, 4) is 5.69 Å². The monoisotopic (exact) mass is 288 g/mol. The summed E-state index contributed by atoms with van der Waals surface area (Å²) in [5.41, 5.74) is 8.91. The Morgan fingerprint density at radius 3 is 2.90 bits per heavy atom. The van der Waals surface area contributed by atoms with Crippen LogP contribution < -0.4 is 11.1 Å². The van der Waals surface area contributed by atoms with Gasteiger partial charge in [0, 0.05) is 26.4 Å². The van der Waals surface area contributed by atoms with E-state index in [-0.39, 0.29) is 0 Å². The van der Waals surface area contributed by atoms with Crippen molar-refractivity contribution in [1.82, 2.24) is 15.1 Å². The zero-order valence-corrected chi connectivity index (χ0v) is 12.3. The molecule has 3 N–H and O–H groups in total. The highest BCUT2D eigenvalue weighted by Crippen LogP contribution is 2.15. The summed E-state index contributed by atoms with van der Waals surface area (Å²) in [6.07, 6.45) is 3.10. The van der Waals surface area contributed by atoms with Gasteiger partial charge in [-0.25, -0.2) is 4.68 Å². The first kappa shape index (κ1) is 15.2. The third kappa shape index (κ3) is 3.90. The van der Waals surface area contributed by atoms with Crippen molar-refractivity contribution >= 4 is 5.91 Å². The summed E-state index contributed by atoms with van der Waals surface area (Å²) in [6, 6.07) is 6.05. The molecule has 0 bridgehead atoms. The summed E-state index contributed by atoms with van der Waals surface area (Å²) in [5.74, 6) is -0.475. The van der Waals surface area contributed by atoms with Crippen LogP contribution in [0.25, 0.3) is 5.69 Å². The molecule has 6 heteroatoms. The zero-order valence-electron chi connectivity index (χ0n) is 12.3. The van der Waals surface area contributed by atoms with Gasteiger partial charge in [-0.05, 0) is 30.2 Å². The topological polar surface area (TPSA) is 82.2 Å². The molecule has 2 rings (SSSR count). The number of nitrogens with two attached hydrogens (primary N) is 1. The van der Waals surface area contributed by atoms with E-state index in [9.17, 15) is 4.79 Å². The maximum Gasteiger partial charge on any atom is 0.251 e. The maximum absolute atomic E-state index is 11.1. The molecule has 0 saturated carbocycles. The smallest absolute Gasteiger partial charge is 0.251 e. The fourth-order valence-electron chi connectivity index (χ4n) is 2.01. The molecule has 0 aliphatic rings. The molecule has 1 aromatic carbocycles. The molecule has 0 saturated heterocycles. The van der Waals surface area contributed by atoms with Crippen LogP contribution in [0.2, 0.25) is 0 Å². The number of nitrogens with zero attached hydrogens (tertiary/aromatic N) is 2. The number of benzene rings is 1. The standard InChI is InChI=1S/C15H20N4O2/c1-11-7-14(19-10-13(9-18-19)15(16)20)4-3-12(11)8-17-5-6-21-2/h3-4,7,9-10,17H,5-6,8H2,1-2H3,(H2,16,20). The highest BCUT2D eigenvalue weighted by molar-refractivity contribution is 5.92. The van der Waals surface area contributed by atoms with Gasteiger partial charge in [0.2, 0.25) is 0 Å². The Kier molecular flexibility index (Phi) is 5.08. The number of carbonyl (C=O) groups is 1. The predicted octanol–water partition coefficient (Wildman–Crippen LogP) is 1.02. The molecule has 0 spiro atoms. The van der Waals surface area contributed by atoms with E-state index in [1.807, 2.05) is 12.1 Å². The summed E-state index contributed by atoms with van der Waals surface area (Å²) in [5, 5.41) is 7.46. The van der Waals surface area contributed by atoms with Crippen molar-refractivity contribution in [2.75, 3.05) is 20.3 Å². The molecule has 1 aromatic heterocycles. The lowest BCUT2D eigenvalue weighted by molar-refractivity contribution is 0.100. The van der Waals surface area contributed by atoms with Crippen molar-refractivity contribution in [2.45, 2.75) is 13.5 Å². The van der Waals surface area contributed by atoms with Crippen LogP contribution in [0.15, 0.2) is 30.6 Å². The number of rotatable bonds is 7. The van der Waals surface area contributed by atoms with E-state index in [0.29, 0.717) is 12.2 Å². The molecule has 0 atom stereocenters. The second-order valence-electron chi connectivity index (χ2n) is 4.82. The van der Waals surface area contributed by atoms with Gasteiger partial charge in [0.1, 0.15) is 0 Å². The minimum Gasteiger partial charge on any atom is -0.383 e. The molecule has 21 heavy (non-hydrogen) atoms. The van der Waals surface area contributed by atoms with Gasteiger partial charge >= 0.3 is 0 Å². The third-order valence-corrected chi connectivity index (χ3v) is 3.26. The minimum atomic E-state index is -0.475. The van der Waals surface area contributed by atoms with E-state index >= 15 is 0 Å². The number of methoxy groups -OCH3 is 1. The van der Waals surface area contributed by atoms with Crippen molar-refractivity contribution < 1.29 is 9.53 Å². The molecule has 6 nitrogen and oxygen atoms in total. The first-order valence-corrected chi connectivity index (χ1v) is 6.76. The molecule has 2 aromatic rings. The van der Waals surface area contributed by atoms with Crippen LogP contribution in [0.4, 0.5) is 0 Å². The number of aryl methyl sites for hydroxylation is 1.